The molecule has 3 rings (SSSR count). The molecule has 0 atom stereocenters. The average molecular weight is 390 g/mol. The summed E-state index contributed by atoms with van der Waals surface area (Å²) in [6.45, 7) is 3.42. The highest BCUT2D eigenvalue weighted by molar-refractivity contribution is 7.92. The number of nitrogens with zero attached hydrogens (tertiary/aromatic N) is 3. The molecule has 0 aliphatic carbocycles. The first-order chi connectivity index (χ1) is 11.6. The van der Waals surface area contributed by atoms with Crippen molar-refractivity contribution in [2.75, 3.05) is 4.72 Å². The molecule has 0 amide bonds. The van der Waals surface area contributed by atoms with E-state index in [1.807, 2.05) is 6.92 Å². The SMILES string of the molecule is CCc1nn2c(S(=O)(=O)Nc3ccc(C(F)(F)F)cc3)c(C)nc2s1. The average Bonchev–Trinajstić information content (AvgIpc) is 3.01. The second-order valence-electron chi connectivity index (χ2n) is 5.23. The van der Waals surface area contributed by atoms with Gasteiger partial charge in [-0.2, -0.15) is 31.2 Å². The van der Waals surface area contributed by atoms with Gasteiger partial charge in [-0.3, -0.25) is 4.72 Å². The number of rotatable bonds is 4. The topological polar surface area (TPSA) is 76.4 Å². The zero-order valence-corrected chi connectivity index (χ0v) is 14.8. The smallest absolute Gasteiger partial charge is 0.278 e. The monoisotopic (exact) mass is 390 g/mol. The van der Waals surface area contributed by atoms with Crippen LogP contribution in [0.2, 0.25) is 0 Å². The van der Waals surface area contributed by atoms with E-state index in [1.165, 1.54) is 22.8 Å². The van der Waals surface area contributed by atoms with Crippen LogP contribution in [0.1, 0.15) is 23.2 Å². The molecule has 6 nitrogen and oxygen atoms in total. The first-order valence-corrected chi connectivity index (χ1v) is 9.47. The standard InChI is InChI=1S/C14H13F3N4O2S2/c1-3-11-19-21-12(8(2)18-13(21)24-11)25(22,23)20-10-6-4-9(5-7-10)14(15,16)17/h4-7,20H,3H2,1-2H3. The molecule has 0 unspecified atom stereocenters. The van der Waals surface area contributed by atoms with Gasteiger partial charge in [0.1, 0.15) is 5.01 Å². The summed E-state index contributed by atoms with van der Waals surface area (Å²) in [5.74, 6) is 0. The van der Waals surface area contributed by atoms with Gasteiger partial charge in [0.15, 0.2) is 0 Å². The van der Waals surface area contributed by atoms with E-state index in [2.05, 4.69) is 14.8 Å². The van der Waals surface area contributed by atoms with Crippen molar-refractivity contribution in [3.05, 3.63) is 40.5 Å². The number of fused-ring (bicyclic) bond motifs is 1. The molecule has 0 aliphatic rings. The number of benzene rings is 1. The summed E-state index contributed by atoms with van der Waals surface area (Å²) in [5, 5.41) is 4.81. The summed E-state index contributed by atoms with van der Waals surface area (Å²) in [6, 6.07) is 3.75. The van der Waals surface area contributed by atoms with Gasteiger partial charge in [0.2, 0.25) is 9.99 Å². The number of nitrogens with one attached hydrogen (secondary N) is 1. The Labute approximate surface area is 145 Å². The van der Waals surface area contributed by atoms with Gasteiger partial charge < -0.3 is 0 Å². The van der Waals surface area contributed by atoms with Crippen molar-refractivity contribution < 1.29 is 21.6 Å². The third-order valence-corrected chi connectivity index (χ3v) is 5.92. The van der Waals surface area contributed by atoms with Gasteiger partial charge in [0.05, 0.1) is 11.3 Å². The zero-order valence-electron chi connectivity index (χ0n) is 13.1. The summed E-state index contributed by atoms with van der Waals surface area (Å²) in [7, 11) is -4.06. The molecule has 0 saturated heterocycles. The van der Waals surface area contributed by atoms with Gasteiger partial charge >= 0.3 is 6.18 Å². The number of imidazole rings is 1. The van der Waals surface area contributed by atoms with E-state index in [-0.39, 0.29) is 16.4 Å². The summed E-state index contributed by atoms with van der Waals surface area (Å²) in [5.41, 5.74) is -0.570. The maximum atomic E-state index is 12.6. The van der Waals surface area contributed by atoms with Crippen LogP contribution in [0.5, 0.6) is 0 Å². The third kappa shape index (κ3) is 3.33. The normalized spacial score (nSPS) is 12.7. The van der Waals surface area contributed by atoms with Gasteiger partial charge in [-0.15, -0.1) is 0 Å². The van der Waals surface area contributed by atoms with Crippen LogP contribution in [0, 0.1) is 6.92 Å². The molecule has 2 heterocycles. The van der Waals surface area contributed by atoms with Crippen molar-refractivity contribution in [2.45, 2.75) is 31.5 Å². The Bertz CT molecular complexity index is 1020. The first kappa shape index (κ1) is 17.7. The van der Waals surface area contributed by atoms with Crippen LogP contribution in [-0.4, -0.2) is 23.0 Å². The largest absolute Gasteiger partial charge is 0.416 e. The van der Waals surface area contributed by atoms with Crippen LogP contribution in [0.4, 0.5) is 18.9 Å². The predicted molar refractivity (Wildman–Crippen MR) is 87.2 cm³/mol. The number of hydrogen-bond donors (Lipinski definition) is 1. The molecular formula is C14H13F3N4O2S2. The predicted octanol–water partition coefficient (Wildman–Crippen LogP) is 3.48. The van der Waals surface area contributed by atoms with Gasteiger partial charge in [0.25, 0.3) is 10.0 Å². The highest BCUT2D eigenvalue weighted by atomic mass is 32.2. The summed E-state index contributed by atoms with van der Waals surface area (Å²) < 4.78 is 66.6. The van der Waals surface area contributed by atoms with E-state index in [0.29, 0.717) is 11.4 Å². The summed E-state index contributed by atoms with van der Waals surface area (Å²) >= 11 is 1.28. The van der Waals surface area contributed by atoms with Crippen LogP contribution in [0.25, 0.3) is 4.96 Å². The number of aryl methyl sites for hydroxylation is 2. The molecule has 25 heavy (non-hydrogen) atoms. The minimum absolute atomic E-state index is 0.0216. The Morgan fingerprint density at radius 1 is 1.24 bits per heavy atom. The van der Waals surface area contributed by atoms with Gasteiger partial charge in [-0.05, 0) is 37.6 Å². The minimum Gasteiger partial charge on any atom is -0.278 e. The maximum absolute atomic E-state index is 12.6. The van der Waals surface area contributed by atoms with Crippen molar-refractivity contribution in [1.82, 2.24) is 14.6 Å². The molecule has 0 aliphatic heterocycles. The Hall–Kier alpha value is -2.14. The maximum Gasteiger partial charge on any atom is 0.416 e. The number of halogens is 3. The number of aromatic nitrogens is 3. The quantitative estimate of drug-likeness (QED) is 0.740. The van der Waals surface area contributed by atoms with Crippen LogP contribution >= 0.6 is 11.3 Å². The molecule has 0 bridgehead atoms. The van der Waals surface area contributed by atoms with Gasteiger partial charge in [-0.1, -0.05) is 18.3 Å². The Kier molecular flexibility index (Phi) is 4.23. The van der Waals surface area contributed by atoms with E-state index in [1.54, 1.807) is 0 Å². The van der Waals surface area contributed by atoms with Gasteiger partial charge in [0, 0.05) is 5.69 Å². The molecule has 1 N–H and O–H groups in total. The molecule has 3 aromatic rings. The van der Waals surface area contributed by atoms with Crippen molar-refractivity contribution in [3.8, 4) is 0 Å². The lowest BCUT2D eigenvalue weighted by Crippen LogP contribution is -2.17. The minimum atomic E-state index is -4.48. The lowest BCUT2D eigenvalue weighted by Gasteiger charge is -2.10. The highest BCUT2D eigenvalue weighted by Crippen LogP contribution is 2.30. The van der Waals surface area contributed by atoms with Crippen molar-refractivity contribution in [3.63, 3.8) is 0 Å². The Balaban J connectivity index is 1.97. The van der Waals surface area contributed by atoms with E-state index >= 15 is 0 Å². The second kappa shape index (κ2) is 5.99. The van der Waals surface area contributed by atoms with Crippen molar-refractivity contribution in [2.24, 2.45) is 0 Å². The number of alkyl halides is 3. The zero-order chi connectivity index (χ0) is 18.4. The summed E-state index contributed by atoms with van der Waals surface area (Å²) in [4.78, 5) is 4.63. The molecule has 0 spiro atoms. The van der Waals surface area contributed by atoms with Crippen LogP contribution < -0.4 is 4.72 Å². The molecule has 134 valence electrons. The molecule has 0 radical (unpaired) electrons. The fraction of sp³-hybridized carbons (Fsp3) is 0.286. The van der Waals surface area contributed by atoms with E-state index < -0.39 is 21.8 Å². The number of anilines is 1. The molecule has 0 saturated carbocycles. The number of hydrogen-bond acceptors (Lipinski definition) is 5. The Morgan fingerprint density at radius 3 is 2.44 bits per heavy atom. The molecule has 2 aromatic heterocycles. The van der Waals surface area contributed by atoms with Gasteiger partial charge in [-0.25, -0.2) is 4.98 Å². The summed E-state index contributed by atoms with van der Waals surface area (Å²) in [6.07, 6.45) is -3.85. The van der Waals surface area contributed by atoms with Crippen molar-refractivity contribution >= 4 is 32.0 Å². The van der Waals surface area contributed by atoms with Crippen LogP contribution in [-0.2, 0) is 22.6 Å². The number of sulfonamides is 1. The fourth-order valence-corrected chi connectivity index (χ4v) is 4.52. The molecule has 0 fully saturated rings. The Morgan fingerprint density at radius 2 is 1.88 bits per heavy atom. The van der Waals surface area contributed by atoms with E-state index in [0.717, 1.165) is 29.3 Å². The molecule has 11 heteroatoms. The third-order valence-electron chi connectivity index (χ3n) is 3.39. The molecular weight excluding hydrogens is 377 g/mol. The van der Waals surface area contributed by atoms with E-state index in [9.17, 15) is 21.6 Å². The lowest BCUT2D eigenvalue weighted by molar-refractivity contribution is -0.137. The lowest BCUT2D eigenvalue weighted by atomic mass is 10.2. The van der Waals surface area contributed by atoms with Crippen LogP contribution in [0.15, 0.2) is 29.3 Å². The first-order valence-electron chi connectivity index (χ1n) is 7.17. The fourth-order valence-electron chi connectivity index (χ4n) is 2.25. The van der Waals surface area contributed by atoms with E-state index in [4.69, 9.17) is 0 Å². The molecule has 1 aromatic carbocycles. The second-order valence-corrected chi connectivity index (χ2v) is 7.86. The van der Waals surface area contributed by atoms with Crippen LogP contribution in [0.3, 0.4) is 0 Å². The highest BCUT2D eigenvalue weighted by Gasteiger charge is 2.30. The van der Waals surface area contributed by atoms with Crippen molar-refractivity contribution in [1.29, 1.82) is 0 Å².